The van der Waals surface area contributed by atoms with Crippen LogP contribution >= 0.6 is 0 Å². The maximum atomic E-state index is 13.8. The van der Waals surface area contributed by atoms with E-state index in [4.69, 9.17) is 4.74 Å². The van der Waals surface area contributed by atoms with Gasteiger partial charge in [0.2, 0.25) is 11.8 Å². The summed E-state index contributed by atoms with van der Waals surface area (Å²) in [6, 6.07) is 8.72. The van der Waals surface area contributed by atoms with Gasteiger partial charge in [0.15, 0.2) is 0 Å². The zero-order valence-electron chi connectivity index (χ0n) is 17.3. The lowest BCUT2D eigenvalue weighted by molar-refractivity contribution is -0.166. The van der Waals surface area contributed by atoms with Crippen LogP contribution in [-0.4, -0.2) is 41.8 Å². The van der Waals surface area contributed by atoms with Gasteiger partial charge in [-0.05, 0) is 61.8 Å². The van der Waals surface area contributed by atoms with Crippen molar-refractivity contribution in [1.82, 2.24) is 10.2 Å². The standard InChI is InChI=1S/C24H30N2O4/c27-21(30-15-16-4-2-1-3-5-16)11-20-22(28)25-6-7-26(20)23(29)24-12-17-8-18(13-24)10-19(9-17)14-24/h1-5,17-20H,6-15H2,(H,25,28). The lowest BCUT2D eigenvalue weighted by Gasteiger charge is -2.57. The van der Waals surface area contributed by atoms with Gasteiger partial charge in [-0.2, -0.15) is 0 Å². The maximum absolute atomic E-state index is 13.8. The molecule has 1 aromatic carbocycles. The molecule has 6 nitrogen and oxygen atoms in total. The van der Waals surface area contributed by atoms with Gasteiger partial charge < -0.3 is 15.0 Å². The van der Waals surface area contributed by atoms with Crippen molar-refractivity contribution in [2.45, 2.75) is 57.6 Å². The second-order valence-corrected chi connectivity index (χ2v) is 9.85. The normalized spacial score (nSPS) is 34.5. The van der Waals surface area contributed by atoms with Crippen LogP contribution in [0.2, 0.25) is 0 Å². The molecular formula is C24H30N2O4. The molecule has 4 saturated carbocycles. The van der Waals surface area contributed by atoms with Gasteiger partial charge >= 0.3 is 5.97 Å². The molecule has 0 radical (unpaired) electrons. The molecule has 4 aliphatic carbocycles. The van der Waals surface area contributed by atoms with Crippen LogP contribution in [0, 0.1) is 23.2 Å². The van der Waals surface area contributed by atoms with E-state index in [1.165, 1.54) is 19.3 Å². The van der Waals surface area contributed by atoms with Gasteiger partial charge in [0.25, 0.3) is 0 Å². The summed E-state index contributed by atoms with van der Waals surface area (Å²) in [6.07, 6.45) is 6.59. The number of piperazine rings is 1. The minimum absolute atomic E-state index is 0.0865. The molecule has 1 unspecified atom stereocenters. The van der Waals surface area contributed by atoms with Gasteiger partial charge in [0, 0.05) is 13.1 Å². The quantitative estimate of drug-likeness (QED) is 0.758. The maximum Gasteiger partial charge on any atom is 0.308 e. The third kappa shape index (κ3) is 3.61. The van der Waals surface area contributed by atoms with Crippen molar-refractivity contribution in [3.63, 3.8) is 0 Å². The predicted octanol–water partition coefficient (Wildman–Crippen LogP) is 2.66. The molecule has 1 atom stereocenters. The Morgan fingerprint density at radius 1 is 1.03 bits per heavy atom. The molecule has 1 saturated heterocycles. The zero-order valence-corrected chi connectivity index (χ0v) is 17.3. The van der Waals surface area contributed by atoms with E-state index >= 15 is 0 Å². The highest BCUT2D eigenvalue weighted by molar-refractivity contribution is 5.93. The van der Waals surface area contributed by atoms with Crippen LogP contribution in [0.4, 0.5) is 0 Å². The molecule has 30 heavy (non-hydrogen) atoms. The Labute approximate surface area is 177 Å². The van der Waals surface area contributed by atoms with Crippen molar-refractivity contribution in [3.8, 4) is 0 Å². The molecule has 0 spiro atoms. The molecular weight excluding hydrogens is 380 g/mol. The minimum atomic E-state index is -0.762. The summed E-state index contributed by atoms with van der Waals surface area (Å²) in [6.45, 7) is 1.10. The summed E-state index contributed by atoms with van der Waals surface area (Å²) >= 11 is 0. The van der Waals surface area contributed by atoms with E-state index in [1.54, 1.807) is 4.90 Å². The number of nitrogens with one attached hydrogen (secondary N) is 1. The number of hydrogen-bond acceptors (Lipinski definition) is 4. The van der Waals surface area contributed by atoms with Gasteiger partial charge in [0.1, 0.15) is 12.6 Å². The Kier molecular flexibility index (Phi) is 5.03. The topological polar surface area (TPSA) is 75.7 Å². The van der Waals surface area contributed by atoms with E-state index in [-0.39, 0.29) is 30.3 Å². The number of ether oxygens (including phenoxy) is 1. The first-order chi connectivity index (χ1) is 14.5. The molecule has 6 rings (SSSR count). The van der Waals surface area contributed by atoms with E-state index in [0.29, 0.717) is 30.8 Å². The van der Waals surface area contributed by atoms with Gasteiger partial charge in [-0.25, -0.2) is 0 Å². The monoisotopic (exact) mass is 410 g/mol. The second kappa shape index (κ2) is 7.71. The van der Waals surface area contributed by atoms with Gasteiger partial charge in [0.05, 0.1) is 11.8 Å². The molecule has 0 aromatic heterocycles. The number of carbonyl (C=O) groups is 3. The van der Waals surface area contributed by atoms with Crippen molar-refractivity contribution < 1.29 is 19.1 Å². The molecule has 6 heteroatoms. The van der Waals surface area contributed by atoms with Crippen LogP contribution in [0.1, 0.15) is 50.5 Å². The Morgan fingerprint density at radius 2 is 1.67 bits per heavy atom. The van der Waals surface area contributed by atoms with Crippen molar-refractivity contribution in [2.24, 2.45) is 23.2 Å². The predicted molar refractivity (Wildman–Crippen MR) is 110 cm³/mol. The van der Waals surface area contributed by atoms with E-state index in [9.17, 15) is 14.4 Å². The molecule has 1 aromatic rings. The minimum Gasteiger partial charge on any atom is -0.461 e. The van der Waals surface area contributed by atoms with Crippen LogP contribution in [0.3, 0.4) is 0 Å². The number of rotatable bonds is 5. The van der Waals surface area contributed by atoms with E-state index in [1.807, 2.05) is 30.3 Å². The fourth-order valence-corrected chi connectivity index (χ4v) is 6.79. The highest BCUT2D eigenvalue weighted by Crippen LogP contribution is 2.60. The first-order valence-electron chi connectivity index (χ1n) is 11.3. The summed E-state index contributed by atoms with van der Waals surface area (Å²) in [4.78, 5) is 40.6. The van der Waals surface area contributed by atoms with Gasteiger partial charge in [-0.15, -0.1) is 0 Å². The third-order valence-corrected chi connectivity index (χ3v) is 7.69. The molecule has 4 bridgehead atoms. The van der Waals surface area contributed by atoms with E-state index in [2.05, 4.69) is 5.32 Å². The highest BCUT2D eigenvalue weighted by Gasteiger charge is 2.56. The van der Waals surface area contributed by atoms with E-state index < -0.39 is 12.0 Å². The van der Waals surface area contributed by atoms with Crippen LogP contribution in [0.15, 0.2) is 30.3 Å². The van der Waals surface area contributed by atoms with Gasteiger partial charge in [-0.1, -0.05) is 30.3 Å². The molecule has 1 N–H and O–H groups in total. The first-order valence-corrected chi connectivity index (χ1v) is 11.3. The lowest BCUT2D eigenvalue weighted by atomic mass is 9.49. The first kappa shape index (κ1) is 19.6. The molecule has 5 aliphatic rings. The number of hydrogen-bond donors (Lipinski definition) is 1. The summed E-state index contributed by atoms with van der Waals surface area (Å²) in [5.41, 5.74) is 0.596. The number of carbonyl (C=O) groups excluding carboxylic acids is 3. The Bertz CT molecular complexity index is 802. The largest absolute Gasteiger partial charge is 0.461 e. The van der Waals surface area contributed by atoms with Crippen molar-refractivity contribution in [2.75, 3.05) is 13.1 Å². The summed E-state index contributed by atoms with van der Waals surface area (Å²) in [5.74, 6) is 1.41. The molecule has 5 fully saturated rings. The molecule has 1 aliphatic heterocycles. The zero-order chi connectivity index (χ0) is 20.7. The van der Waals surface area contributed by atoms with Gasteiger partial charge in [-0.3, -0.25) is 14.4 Å². The summed E-state index contributed by atoms with van der Waals surface area (Å²) < 4.78 is 5.40. The van der Waals surface area contributed by atoms with Crippen LogP contribution in [-0.2, 0) is 25.7 Å². The smallest absolute Gasteiger partial charge is 0.308 e. The van der Waals surface area contributed by atoms with Crippen molar-refractivity contribution in [3.05, 3.63) is 35.9 Å². The average molecular weight is 411 g/mol. The fourth-order valence-electron chi connectivity index (χ4n) is 6.79. The van der Waals surface area contributed by atoms with Crippen molar-refractivity contribution >= 4 is 17.8 Å². The number of benzene rings is 1. The SMILES string of the molecule is O=C(CC1C(=O)NCCN1C(=O)C12CC3CC(CC(C3)C1)C2)OCc1ccccc1. The fraction of sp³-hybridized carbons (Fsp3) is 0.625. The molecule has 160 valence electrons. The number of nitrogens with zero attached hydrogens (tertiary/aromatic N) is 1. The Hall–Kier alpha value is -2.37. The van der Waals surface area contributed by atoms with Crippen LogP contribution in [0.25, 0.3) is 0 Å². The summed E-state index contributed by atoms with van der Waals surface area (Å²) in [5, 5.41) is 2.83. The van der Waals surface area contributed by atoms with Crippen LogP contribution in [0.5, 0.6) is 0 Å². The number of amides is 2. The van der Waals surface area contributed by atoms with Crippen LogP contribution < -0.4 is 5.32 Å². The second-order valence-electron chi connectivity index (χ2n) is 9.85. The third-order valence-electron chi connectivity index (χ3n) is 7.69. The summed E-state index contributed by atoms with van der Waals surface area (Å²) in [7, 11) is 0. The molecule has 2 amide bonds. The Balaban J connectivity index is 1.28. The molecule has 1 heterocycles. The average Bonchev–Trinajstić information content (AvgIpc) is 2.73. The van der Waals surface area contributed by atoms with E-state index in [0.717, 1.165) is 24.8 Å². The number of esters is 1. The Morgan fingerprint density at radius 3 is 2.30 bits per heavy atom. The highest BCUT2D eigenvalue weighted by atomic mass is 16.5. The lowest BCUT2D eigenvalue weighted by Crippen LogP contribution is -2.63. The van der Waals surface area contributed by atoms with Crippen molar-refractivity contribution in [1.29, 1.82) is 0 Å².